The Kier molecular flexibility index (Phi) is 9.03. The van der Waals surface area contributed by atoms with Gasteiger partial charge in [0.05, 0.1) is 0 Å². The van der Waals surface area contributed by atoms with Crippen LogP contribution in [0, 0.1) is 5.75 Å². The van der Waals surface area contributed by atoms with E-state index in [0.29, 0.717) is 0 Å². The summed E-state index contributed by atoms with van der Waals surface area (Å²) in [6, 6.07) is -0.681. The quantitative estimate of drug-likeness (QED) is 0.403. The average molecular weight is 301 g/mol. The van der Waals surface area contributed by atoms with E-state index in [1.165, 1.54) is 4.90 Å². The molecule has 10 heteroatoms. The summed E-state index contributed by atoms with van der Waals surface area (Å²) in [6.45, 7) is 0. The Labute approximate surface area is 122 Å². The molecule has 3 atom stereocenters. The molecule has 5 nitrogen and oxygen atoms in total. The number of nitrogens with zero attached hydrogens (tertiary/aromatic N) is 1. The van der Waals surface area contributed by atoms with Crippen LogP contribution in [0.4, 0.5) is 0 Å². The van der Waals surface area contributed by atoms with Gasteiger partial charge in [-0.25, -0.2) is 4.21 Å². The maximum atomic E-state index is 10.9. The van der Waals surface area contributed by atoms with Gasteiger partial charge in [-0.1, -0.05) is 6.04 Å². The molecular formula is C5H12NNaO4S4. The minimum absolute atomic E-state index is 0. The summed E-state index contributed by atoms with van der Waals surface area (Å²) in [6.07, 6.45) is 0. The fraction of sp³-hybridized carbons (Fsp3) is 0.800. The molecule has 0 saturated carbocycles. The molecule has 3 unspecified atom stereocenters. The Bertz CT molecular complexity index is 342. The smallest absolute Gasteiger partial charge is 0.334 e. The molecule has 0 heterocycles. The Balaban J connectivity index is 0. The van der Waals surface area contributed by atoms with Crippen LogP contribution in [0.3, 0.4) is 0 Å². The van der Waals surface area contributed by atoms with Crippen LogP contribution in [0.5, 0.6) is 0 Å². The summed E-state index contributed by atoms with van der Waals surface area (Å²) in [5, 5.41) is 0. The first kappa shape index (κ1) is 19.0. The van der Waals surface area contributed by atoms with Crippen molar-refractivity contribution in [3.63, 3.8) is 0 Å². The van der Waals surface area contributed by atoms with Gasteiger partial charge in [0.25, 0.3) is 0 Å². The average Bonchev–Trinajstić information content (AvgIpc) is 1.78. The number of hydrogen-bond acceptors (Lipinski definition) is 5. The van der Waals surface area contributed by atoms with Gasteiger partial charge >= 0.3 is 29.6 Å². The first-order chi connectivity index (χ1) is 6.01. The van der Waals surface area contributed by atoms with E-state index in [2.05, 4.69) is 22.4 Å². The zero-order valence-corrected chi connectivity index (χ0v) is 13.9. The van der Waals surface area contributed by atoms with Gasteiger partial charge in [-0.15, -0.1) is 0 Å². The largest absolute Gasteiger partial charge is 1.00 e. The predicted molar refractivity (Wildman–Crippen MR) is 62.9 cm³/mol. The molecule has 0 aromatic carbocycles. The first-order valence-electron chi connectivity index (χ1n) is 3.45. The Morgan fingerprint density at radius 2 is 1.73 bits per heavy atom. The van der Waals surface area contributed by atoms with Crippen molar-refractivity contribution in [2.24, 2.45) is 0 Å². The van der Waals surface area contributed by atoms with Crippen LogP contribution < -0.4 is 29.6 Å². The van der Waals surface area contributed by atoms with Crippen LogP contribution in [0.15, 0.2) is 0 Å². The minimum atomic E-state index is -3.46. The van der Waals surface area contributed by atoms with E-state index in [1.54, 1.807) is 14.1 Å². The van der Waals surface area contributed by atoms with E-state index in [0.717, 1.165) is 5.75 Å². The first-order valence-corrected chi connectivity index (χ1v) is 8.56. The molecule has 2 N–H and O–H groups in total. The van der Waals surface area contributed by atoms with Gasteiger partial charge in [0, 0.05) is 25.7 Å². The molecule has 0 amide bonds. The zero-order valence-electron chi connectivity index (χ0n) is 8.65. The molecule has 0 aliphatic rings. The van der Waals surface area contributed by atoms with E-state index in [-0.39, 0.29) is 35.3 Å². The van der Waals surface area contributed by atoms with E-state index >= 15 is 0 Å². The van der Waals surface area contributed by atoms with E-state index in [1.807, 2.05) is 0 Å². The van der Waals surface area contributed by atoms with Crippen molar-refractivity contribution in [3.8, 4) is 0 Å². The Hall–Kier alpha value is 1.62. The van der Waals surface area contributed by atoms with E-state index < -0.39 is 23.6 Å². The van der Waals surface area contributed by atoms with Crippen LogP contribution in [0.25, 0.3) is 0 Å². The second-order valence-electron chi connectivity index (χ2n) is 2.93. The van der Waals surface area contributed by atoms with Gasteiger partial charge in [0.15, 0.2) is 0 Å². The van der Waals surface area contributed by atoms with Crippen LogP contribution in [-0.4, -0.2) is 48.3 Å². The molecule has 86 valence electrons. The third-order valence-electron chi connectivity index (χ3n) is 1.37. The van der Waals surface area contributed by atoms with Crippen molar-refractivity contribution >= 4 is 39.9 Å². The van der Waals surface area contributed by atoms with Crippen molar-refractivity contribution in [3.05, 3.63) is 5.75 Å². The van der Waals surface area contributed by atoms with Crippen molar-refractivity contribution in [2.45, 2.75) is 6.04 Å². The van der Waals surface area contributed by atoms with Gasteiger partial charge in [-0.05, 0) is 25.3 Å². The molecule has 0 aromatic heterocycles. The molecule has 0 fully saturated rings. The molecule has 0 aliphatic heterocycles. The van der Waals surface area contributed by atoms with Crippen molar-refractivity contribution in [1.29, 1.82) is 0 Å². The summed E-state index contributed by atoms with van der Waals surface area (Å²) in [4.78, 5) is 1.50. The van der Waals surface area contributed by atoms with E-state index in [9.17, 15) is 8.42 Å². The van der Waals surface area contributed by atoms with E-state index in [4.69, 9.17) is 9.11 Å². The SMILES string of the molecule is CN(C)C([CH-]S(=O)(O)=S)CS(=O)(O)=S.[Na+]. The molecule has 0 aliphatic carbocycles. The summed E-state index contributed by atoms with van der Waals surface area (Å²) >= 11 is 8.56. The fourth-order valence-corrected chi connectivity index (χ4v) is 3.21. The molecule has 15 heavy (non-hydrogen) atoms. The molecule has 0 spiro atoms. The third-order valence-corrected chi connectivity index (χ3v) is 3.54. The van der Waals surface area contributed by atoms with Crippen LogP contribution in [-0.2, 0) is 39.9 Å². The fourth-order valence-electron chi connectivity index (χ4n) is 0.724. The molecule has 0 saturated heterocycles. The van der Waals surface area contributed by atoms with Crippen LogP contribution in [0.2, 0.25) is 0 Å². The van der Waals surface area contributed by atoms with Crippen LogP contribution in [0.1, 0.15) is 0 Å². The summed E-state index contributed by atoms with van der Waals surface area (Å²) in [5.74, 6) is 0.661. The topological polar surface area (TPSA) is 77.8 Å². The maximum Gasteiger partial charge on any atom is 1.00 e. The molecule has 0 radical (unpaired) electrons. The summed E-state index contributed by atoms with van der Waals surface area (Å²) in [5.41, 5.74) is 0. The second kappa shape index (κ2) is 7.14. The molecule has 0 rings (SSSR count). The molecular weight excluding hydrogens is 289 g/mol. The van der Waals surface area contributed by atoms with Crippen molar-refractivity contribution in [1.82, 2.24) is 4.90 Å². The normalized spacial score (nSPS) is 21.1. The maximum absolute atomic E-state index is 10.9. The second-order valence-corrected chi connectivity index (χ2v) is 8.73. The minimum Gasteiger partial charge on any atom is -0.334 e. The summed E-state index contributed by atoms with van der Waals surface area (Å²) < 4.78 is 39.6. The number of rotatable bonds is 5. The zero-order chi connectivity index (χ0) is 11.6. The van der Waals surface area contributed by atoms with Crippen molar-refractivity contribution < 1.29 is 47.1 Å². The molecule has 0 aromatic rings. The van der Waals surface area contributed by atoms with Gasteiger partial charge in [-0.3, -0.25) is 4.21 Å². The molecule has 0 bridgehead atoms. The van der Waals surface area contributed by atoms with Gasteiger partial charge in [0.1, 0.15) is 8.77 Å². The van der Waals surface area contributed by atoms with Gasteiger partial charge in [0.2, 0.25) is 0 Å². The number of hydrogen-bond donors (Lipinski definition) is 2. The predicted octanol–water partition coefficient (Wildman–Crippen LogP) is -3.48. The van der Waals surface area contributed by atoms with Crippen LogP contribution >= 0.6 is 0 Å². The third kappa shape index (κ3) is 11.9. The monoisotopic (exact) mass is 301 g/mol. The summed E-state index contributed by atoms with van der Waals surface area (Å²) in [7, 11) is -3.62. The Morgan fingerprint density at radius 3 is 1.93 bits per heavy atom. The van der Waals surface area contributed by atoms with Gasteiger partial charge in [-0.2, -0.15) is 5.75 Å². The van der Waals surface area contributed by atoms with Crippen molar-refractivity contribution in [2.75, 3.05) is 19.8 Å². The standard InChI is InChI=1S/C5H12NO4S4.Na/c1-6(2)5(3-13(7,8)11)4-14(9,10)12;/h3,5H,4H2,1-2H3,(H,7,8,11)(H,9,10,12);/q-1;+1. The van der Waals surface area contributed by atoms with Gasteiger partial charge < -0.3 is 14.0 Å². The Morgan fingerprint density at radius 1 is 1.33 bits per heavy atom.